The van der Waals surface area contributed by atoms with Gasteiger partial charge in [-0.05, 0) is 30.2 Å². The van der Waals surface area contributed by atoms with Crippen LogP contribution in [0.5, 0.6) is 0 Å². The van der Waals surface area contributed by atoms with Crippen LogP contribution in [0.4, 0.5) is 5.69 Å². The Balaban J connectivity index is 1.60. The first kappa shape index (κ1) is 16.0. The second-order valence-electron chi connectivity index (χ2n) is 6.94. The summed E-state index contributed by atoms with van der Waals surface area (Å²) >= 11 is 0. The Morgan fingerprint density at radius 2 is 1.91 bits per heavy atom. The van der Waals surface area contributed by atoms with E-state index in [0.29, 0.717) is 18.4 Å². The SMILES string of the molecule is CC(C)CN(CCC(=O)Nc1cccc2ccccc12)C1CC1. The standard InChI is InChI=1S/C20H26N2O/c1-15(2)14-22(17-10-11-17)13-12-20(23)21-19-9-5-7-16-6-3-4-8-18(16)19/h3-9,15,17H,10-14H2,1-2H3,(H,21,23). The van der Waals surface area contributed by atoms with Gasteiger partial charge in [-0.2, -0.15) is 0 Å². The van der Waals surface area contributed by atoms with Gasteiger partial charge in [0.25, 0.3) is 0 Å². The fourth-order valence-electron chi connectivity index (χ4n) is 3.12. The molecule has 2 aromatic rings. The topological polar surface area (TPSA) is 32.3 Å². The summed E-state index contributed by atoms with van der Waals surface area (Å²) in [6.45, 7) is 6.43. The molecule has 0 atom stereocenters. The van der Waals surface area contributed by atoms with Gasteiger partial charge in [0.05, 0.1) is 0 Å². The van der Waals surface area contributed by atoms with E-state index in [0.717, 1.165) is 29.5 Å². The molecule has 0 unspecified atom stereocenters. The molecule has 0 heterocycles. The smallest absolute Gasteiger partial charge is 0.225 e. The minimum Gasteiger partial charge on any atom is -0.325 e. The van der Waals surface area contributed by atoms with E-state index in [1.807, 2.05) is 24.3 Å². The minimum atomic E-state index is 0.107. The van der Waals surface area contributed by atoms with Crippen LogP contribution in [0.15, 0.2) is 42.5 Å². The predicted octanol–water partition coefficient (Wildman–Crippen LogP) is 4.29. The number of fused-ring (bicyclic) bond motifs is 1. The molecule has 0 saturated heterocycles. The molecular formula is C20H26N2O. The van der Waals surface area contributed by atoms with Crippen LogP contribution in [-0.4, -0.2) is 29.9 Å². The van der Waals surface area contributed by atoms with E-state index >= 15 is 0 Å². The number of anilines is 1. The van der Waals surface area contributed by atoms with Crippen molar-refractivity contribution in [1.82, 2.24) is 4.90 Å². The molecule has 122 valence electrons. The Hall–Kier alpha value is -1.87. The van der Waals surface area contributed by atoms with E-state index in [-0.39, 0.29) is 5.91 Å². The summed E-state index contributed by atoms with van der Waals surface area (Å²) < 4.78 is 0. The van der Waals surface area contributed by atoms with Crippen LogP contribution in [0.2, 0.25) is 0 Å². The minimum absolute atomic E-state index is 0.107. The Labute approximate surface area is 138 Å². The summed E-state index contributed by atoms with van der Waals surface area (Å²) in [5.74, 6) is 0.757. The predicted molar refractivity (Wildman–Crippen MR) is 96.6 cm³/mol. The average Bonchev–Trinajstić information content (AvgIpc) is 3.36. The van der Waals surface area contributed by atoms with Gasteiger partial charge >= 0.3 is 0 Å². The van der Waals surface area contributed by atoms with Crippen LogP contribution in [0.1, 0.15) is 33.1 Å². The molecule has 2 aromatic carbocycles. The molecule has 3 rings (SSSR count). The second kappa shape index (κ2) is 7.14. The first-order valence-electron chi connectivity index (χ1n) is 8.65. The third-order valence-electron chi connectivity index (χ3n) is 4.35. The van der Waals surface area contributed by atoms with Gasteiger partial charge in [0.1, 0.15) is 0 Å². The monoisotopic (exact) mass is 310 g/mol. The van der Waals surface area contributed by atoms with E-state index in [1.165, 1.54) is 12.8 Å². The normalized spacial score (nSPS) is 14.6. The highest BCUT2D eigenvalue weighted by Crippen LogP contribution is 2.28. The molecule has 1 aliphatic carbocycles. The molecule has 23 heavy (non-hydrogen) atoms. The van der Waals surface area contributed by atoms with Crippen molar-refractivity contribution in [3.8, 4) is 0 Å². The summed E-state index contributed by atoms with van der Waals surface area (Å²) in [6, 6.07) is 14.9. The summed E-state index contributed by atoms with van der Waals surface area (Å²) in [5, 5.41) is 5.35. The molecule has 1 saturated carbocycles. The Morgan fingerprint density at radius 3 is 2.65 bits per heavy atom. The molecule has 0 radical (unpaired) electrons. The Morgan fingerprint density at radius 1 is 1.17 bits per heavy atom. The molecular weight excluding hydrogens is 284 g/mol. The molecule has 3 heteroatoms. The fourth-order valence-corrected chi connectivity index (χ4v) is 3.12. The molecule has 0 spiro atoms. The number of hydrogen-bond donors (Lipinski definition) is 1. The summed E-state index contributed by atoms with van der Waals surface area (Å²) in [6.07, 6.45) is 3.14. The van der Waals surface area contributed by atoms with E-state index in [1.54, 1.807) is 0 Å². The number of amides is 1. The fraction of sp³-hybridized carbons (Fsp3) is 0.450. The van der Waals surface area contributed by atoms with E-state index in [2.05, 4.69) is 42.3 Å². The molecule has 1 aliphatic rings. The molecule has 3 nitrogen and oxygen atoms in total. The van der Waals surface area contributed by atoms with Crippen LogP contribution in [0.3, 0.4) is 0 Å². The first-order chi connectivity index (χ1) is 11.1. The number of carbonyl (C=O) groups is 1. The van der Waals surface area contributed by atoms with Crippen LogP contribution >= 0.6 is 0 Å². The molecule has 1 N–H and O–H groups in total. The number of nitrogens with zero attached hydrogens (tertiary/aromatic N) is 1. The maximum absolute atomic E-state index is 12.4. The van der Waals surface area contributed by atoms with Crippen molar-refractivity contribution < 1.29 is 4.79 Å². The van der Waals surface area contributed by atoms with Gasteiger partial charge in [-0.15, -0.1) is 0 Å². The van der Waals surface area contributed by atoms with Gasteiger partial charge in [-0.3, -0.25) is 9.69 Å². The highest BCUT2D eigenvalue weighted by molar-refractivity contribution is 6.02. The van der Waals surface area contributed by atoms with Gasteiger partial charge in [0.15, 0.2) is 0 Å². The van der Waals surface area contributed by atoms with Crippen molar-refractivity contribution in [2.24, 2.45) is 5.92 Å². The van der Waals surface area contributed by atoms with Crippen molar-refractivity contribution in [3.05, 3.63) is 42.5 Å². The Kier molecular flexibility index (Phi) is 4.97. The lowest BCUT2D eigenvalue weighted by Gasteiger charge is -2.23. The van der Waals surface area contributed by atoms with Crippen LogP contribution in [-0.2, 0) is 4.79 Å². The van der Waals surface area contributed by atoms with Gasteiger partial charge in [-0.25, -0.2) is 0 Å². The lowest BCUT2D eigenvalue weighted by atomic mass is 10.1. The van der Waals surface area contributed by atoms with Gasteiger partial charge in [0, 0.05) is 36.6 Å². The number of rotatable bonds is 7. The number of nitrogens with one attached hydrogen (secondary N) is 1. The highest BCUT2D eigenvalue weighted by atomic mass is 16.1. The van der Waals surface area contributed by atoms with Crippen molar-refractivity contribution in [2.45, 2.75) is 39.2 Å². The maximum Gasteiger partial charge on any atom is 0.225 e. The molecule has 0 aliphatic heterocycles. The lowest BCUT2D eigenvalue weighted by Crippen LogP contribution is -2.33. The van der Waals surface area contributed by atoms with Crippen molar-refractivity contribution in [1.29, 1.82) is 0 Å². The highest BCUT2D eigenvalue weighted by Gasteiger charge is 2.29. The van der Waals surface area contributed by atoms with Gasteiger partial charge in [0.2, 0.25) is 5.91 Å². The van der Waals surface area contributed by atoms with Crippen molar-refractivity contribution >= 4 is 22.4 Å². The third-order valence-corrected chi connectivity index (χ3v) is 4.35. The van der Waals surface area contributed by atoms with E-state index in [4.69, 9.17) is 0 Å². The van der Waals surface area contributed by atoms with Crippen LogP contribution in [0, 0.1) is 5.92 Å². The van der Waals surface area contributed by atoms with Crippen LogP contribution < -0.4 is 5.32 Å². The second-order valence-corrected chi connectivity index (χ2v) is 6.94. The van der Waals surface area contributed by atoms with Crippen molar-refractivity contribution in [3.63, 3.8) is 0 Å². The zero-order valence-corrected chi connectivity index (χ0v) is 14.1. The largest absolute Gasteiger partial charge is 0.325 e. The Bertz CT molecular complexity index is 671. The molecule has 0 aromatic heterocycles. The summed E-state index contributed by atoms with van der Waals surface area (Å²) in [4.78, 5) is 14.8. The lowest BCUT2D eigenvalue weighted by molar-refractivity contribution is -0.116. The maximum atomic E-state index is 12.4. The van der Waals surface area contributed by atoms with Gasteiger partial charge < -0.3 is 5.32 Å². The number of hydrogen-bond acceptors (Lipinski definition) is 2. The molecule has 1 fully saturated rings. The average molecular weight is 310 g/mol. The first-order valence-corrected chi connectivity index (χ1v) is 8.65. The number of carbonyl (C=O) groups excluding carboxylic acids is 1. The third kappa shape index (κ3) is 4.32. The summed E-state index contributed by atoms with van der Waals surface area (Å²) in [5.41, 5.74) is 0.912. The molecule has 1 amide bonds. The molecule has 0 bridgehead atoms. The van der Waals surface area contributed by atoms with Crippen LogP contribution in [0.25, 0.3) is 10.8 Å². The number of benzene rings is 2. The van der Waals surface area contributed by atoms with E-state index in [9.17, 15) is 4.79 Å². The van der Waals surface area contributed by atoms with Gasteiger partial charge in [-0.1, -0.05) is 50.2 Å². The summed E-state index contributed by atoms with van der Waals surface area (Å²) in [7, 11) is 0. The zero-order chi connectivity index (χ0) is 16.2. The van der Waals surface area contributed by atoms with E-state index < -0.39 is 0 Å². The zero-order valence-electron chi connectivity index (χ0n) is 14.1. The van der Waals surface area contributed by atoms with Crippen molar-refractivity contribution in [2.75, 3.05) is 18.4 Å². The quantitative estimate of drug-likeness (QED) is 0.827.